The van der Waals surface area contributed by atoms with Gasteiger partial charge in [0.2, 0.25) is 0 Å². The van der Waals surface area contributed by atoms with E-state index < -0.39 is 67.3 Å². The molecule has 1 aliphatic rings. The molecule has 0 amide bonds. The molecule has 480 valence electrons. The minimum Gasteiger partial charge on any atom is -0.479 e. The molecule has 12 nitrogen and oxygen atoms in total. The number of aliphatic hydroxyl groups is 2. The van der Waals surface area contributed by atoms with E-state index in [1.165, 1.54) is 70.6 Å². The third-order valence-corrected chi connectivity index (χ3v) is 14.2. The minimum atomic E-state index is -1.92. The Balaban J connectivity index is 2.72. The lowest BCUT2D eigenvalue weighted by atomic mass is 9.98. The Hall–Kier alpha value is -5.14. The van der Waals surface area contributed by atoms with Crippen LogP contribution in [0.5, 0.6) is 0 Å². The molecule has 0 saturated carbocycles. The van der Waals surface area contributed by atoms with Crippen LogP contribution in [0.1, 0.15) is 252 Å². The third kappa shape index (κ3) is 48.6. The molecule has 12 heteroatoms. The molecule has 3 N–H and O–H groups in total. The second-order valence-corrected chi connectivity index (χ2v) is 22.0. The smallest absolute Gasteiger partial charge is 0.335 e. The molecule has 1 saturated heterocycles. The highest BCUT2D eigenvalue weighted by Crippen LogP contribution is 2.26. The van der Waals surface area contributed by atoms with Crippen LogP contribution in [0, 0.1) is 0 Å². The number of aliphatic carboxylic acids is 1. The molecule has 0 aromatic carbocycles. The van der Waals surface area contributed by atoms with Crippen molar-refractivity contribution < 1.29 is 58.2 Å². The number of rotatable bonds is 55. The standard InChI is InChI=1S/C73H116O12/c1-4-7-10-13-16-19-22-25-28-31-33-36-38-41-44-47-50-53-56-59-65(74)81-62-64(83-66(75)60-57-54-51-48-45-42-39-35-30-27-24-21-18-15-12-9-6-3)63-82-73-71(69(78)68(77)70(85-73)72(79)80)84-67(76)61-58-55-52-49-46-43-40-37-34-32-29-26-23-20-17-14-11-8-5-2/h7,9-10,12,16,18-19,21,25-30,33,36,39,41-42,44,48,51,64,68-71,73,77-78H,4-6,8,11,13-15,17,20,22-24,31-32,34-35,37-38,40,43,45-47,49-50,52-63H2,1-3H3,(H,79,80)/b10-7-,12-9-,19-16-,21-18-,28-25-,29-26-,30-27-,36-33-,42-39-,44-41-,51-48-. The van der Waals surface area contributed by atoms with Crippen LogP contribution in [0.15, 0.2) is 134 Å². The zero-order chi connectivity index (χ0) is 61.7. The second-order valence-electron chi connectivity index (χ2n) is 22.0. The molecule has 0 aromatic rings. The maximum atomic E-state index is 13.2. The van der Waals surface area contributed by atoms with Gasteiger partial charge in [-0.25, -0.2) is 4.79 Å². The number of esters is 3. The zero-order valence-corrected chi connectivity index (χ0v) is 53.1. The first-order valence-electron chi connectivity index (χ1n) is 33.2. The third-order valence-electron chi connectivity index (χ3n) is 14.2. The Morgan fingerprint density at radius 1 is 0.400 bits per heavy atom. The molecule has 6 atom stereocenters. The van der Waals surface area contributed by atoms with Crippen LogP contribution < -0.4 is 0 Å². The van der Waals surface area contributed by atoms with Crippen molar-refractivity contribution in [2.75, 3.05) is 13.2 Å². The van der Waals surface area contributed by atoms with Crippen molar-refractivity contribution in [3.63, 3.8) is 0 Å². The number of aliphatic hydroxyl groups excluding tert-OH is 2. The molecule has 0 radical (unpaired) electrons. The average molecular weight is 1190 g/mol. The molecule has 6 unspecified atom stereocenters. The van der Waals surface area contributed by atoms with Gasteiger partial charge < -0.3 is 39.0 Å². The Bertz CT molecular complexity index is 1990. The normalized spacial score (nSPS) is 18.3. The summed E-state index contributed by atoms with van der Waals surface area (Å²) in [7, 11) is 0. The van der Waals surface area contributed by atoms with Crippen LogP contribution in [-0.2, 0) is 42.9 Å². The molecule has 0 aliphatic carbocycles. The monoisotopic (exact) mass is 1180 g/mol. The first-order valence-corrected chi connectivity index (χ1v) is 33.2. The van der Waals surface area contributed by atoms with Gasteiger partial charge in [-0.15, -0.1) is 0 Å². The molecule has 1 rings (SSSR count). The van der Waals surface area contributed by atoms with Crippen molar-refractivity contribution in [2.45, 2.75) is 289 Å². The summed E-state index contributed by atoms with van der Waals surface area (Å²) in [5, 5.41) is 31.6. The number of ether oxygens (including phenoxy) is 5. The fourth-order valence-corrected chi connectivity index (χ4v) is 9.19. The van der Waals surface area contributed by atoms with Crippen LogP contribution in [0.3, 0.4) is 0 Å². The maximum Gasteiger partial charge on any atom is 0.335 e. The second kappa shape index (κ2) is 59.2. The Kier molecular flexibility index (Phi) is 54.2. The highest BCUT2D eigenvalue weighted by Gasteiger charge is 2.50. The summed E-state index contributed by atoms with van der Waals surface area (Å²) in [6, 6.07) is 0. The predicted octanol–water partition coefficient (Wildman–Crippen LogP) is 18.1. The van der Waals surface area contributed by atoms with Crippen molar-refractivity contribution in [3.05, 3.63) is 134 Å². The van der Waals surface area contributed by atoms with Gasteiger partial charge in [0.1, 0.15) is 18.8 Å². The molecular weight excluding hydrogens is 1070 g/mol. The number of unbranched alkanes of at least 4 members (excludes halogenated alkanes) is 19. The lowest BCUT2D eigenvalue weighted by Gasteiger charge is -2.40. The number of carbonyl (C=O) groups is 4. The van der Waals surface area contributed by atoms with Crippen LogP contribution in [0.2, 0.25) is 0 Å². The van der Waals surface area contributed by atoms with E-state index in [4.69, 9.17) is 23.7 Å². The van der Waals surface area contributed by atoms with Crippen LogP contribution in [0.25, 0.3) is 0 Å². The summed E-state index contributed by atoms with van der Waals surface area (Å²) in [6.45, 7) is 5.70. The lowest BCUT2D eigenvalue weighted by Crippen LogP contribution is -2.61. The van der Waals surface area contributed by atoms with Gasteiger partial charge in [-0.05, 0) is 128 Å². The fraction of sp³-hybridized carbons (Fsp3) is 0.644. The van der Waals surface area contributed by atoms with Gasteiger partial charge in [0.25, 0.3) is 0 Å². The van der Waals surface area contributed by atoms with Crippen molar-refractivity contribution in [1.82, 2.24) is 0 Å². The fourth-order valence-electron chi connectivity index (χ4n) is 9.19. The van der Waals surface area contributed by atoms with E-state index in [-0.39, 0.29) is 25.9 Å². The topological polar surface area (TPSA) is 175 Å². The first-order chi connectivity index (χ1) is 41.6. The number of carbonyl (C=O) groups excluding carboxylic acids is 3. The van der Waals surface area contributed by atoms with E-state index in [2.05, 4.69) is 142 Å². The van der Waals surface area contributed by atoms with Gasteiger partial charge in [-0.2, -0.15) is 0 Å². The number of carboxylic acid groups (broad SMARTS) is 1. The number of hydrogen-bond donors (Lipinski definition) is 3. The number of allylic oxidation sites excluding steroid dienone is 22. The van der Waals surface area contributed by atoms with Gasteiger partial charge in [-0.3, -0.25) is 14.4 Å². The van der Waals surface area contributed by atoms with E-state index >= 15 is 0 Å². The zero-order valence-electron chi connectivity index (χ0n) is 53.1. The first kappa shape index (κ1) is 77.9. The summed E-state index contributed by atoms with van der Waals surface area (Å²) in [4.78, 5) is 51.4. The Morgan fingerprint density at radius 3 is 1.19 bits per heavy atom. The van der Waals surface area contributed by atoms with E-state index in [0.29, 0.717) is 25.7 Å². The van der Waals surface area contributed by atoms with Gasteiger partial charge in [0, 0.05) is 19.3 Å². The summed E-state index contributed by atoms with van der Waals surface area (Å²) in [5.74, 6) is -3.26. The highest BCUT2D eigenvalue weighted by molar-refractivity contribution is 5.74. The summed E-state index contributed by atoms with van der Waals surface area (Å²) >= 11 is 0. The minimum absolute atomic E-state index is 0.0416. The number of carboxylic acids is 1. The van der Waals surface area contributed by atoms with Gasteiger partial charge >= 0.3 is 23.9 Å². The Morgan fingerprint density at radius 2 is 0.753 bits per heavy atom. The number of hydrogen-bond acceptors (Lipinski definition) is 11. The Labute approximate surface area is 515 Å². The average Bonchev–Trinajstić information content (AvgIpc) is 3.51. The molecule has 1 fully saturated rings. The highest BCUT2D eigenvalue weighted by atomic mass is 16.7. The van der Waals surface area contributed by atoms with Gasteiger partial charge in [-0.1, -0.05) is 238 Å². The SMILES string of the molecule is CC/C=C\C/C=C\C/C=C\C/C=C\C/C=C\CCCCCC(=O)OCC(COC1OC(C(=O)O)C(O)C(O)C1OC(=O)CCCCCCCCCCC/C=C\CCCCCCCC)OC(=O)CCC/C=C\C/C=C\C/C=C\C/C=C\C/C=C\CC. The largest absolute Gasteiger partial charge is 0.479 e. The van der Waals surface area contributed by atoms with Crippen molar-refractivity contribution in [3.8, 4) is 0 Å². The van der Waals surface area contributed by atoms with E-state index in [0.717, 1.165) is 116 Å². The van der Waals surface area contributed by atoms with Crippen LogP contribution in [-0.4, -0.2) is 89.2 Å². The van der Waals surface area contributed by atoms with Crippen molar-refractivity contribution in [2.24, 2.45) is 0 Å². The molecule has 1 heterocycles. The summed E-state index contributed by atoms with van der Waals surface area (Å²) in [5.41, 5.74) is 0. The lowest BCUT2D eigenvalue weighted by molar-refractivity contribution is -0.301. The predicted molar refractivity (Wildman–Crippen MR) is 349 cm³/mol. The molecule has 85 heavy (non-hydrogen) atoms. The molecular formula is C73H116O12. The molecule has 0 aromatic heterocycles. The van der Waals surface area contributed by atoms with Crippen molar-refractivity contribution in [1.29, 1.82) is 0 Å². The molecule has 0 spiro atoms. The molecule has 0 bridgehead atoms. The maximum absolute atomic E-state index is 13.2. The van der Waals surface area contributed by atoms with Gasteiger partial charge in [0.05, 0.1) is 6.61 Å². The summed E-state index contributed by atoms with van der Waals surface area (Å²) in [6.07, 6.45) is 71.3. The van der Waals surface area contributed by atoms with Crippen LogP contribution >= 0.6 is 0 Å². The van der Waals surface area contributed by atoms with E-state index in [9.17, 15) is 34.5 Å². The van der Waals surface area contributed by atoms with E-state index in [1.807, 2.05) is 12.2 Å². The van der Waals surface area contributed by atoms with E-state index in [1.54, 1.807) is 0 Å². The summed E-state index contributed by atoms with van der Waals surface area (Å²) < 4.78 is 28.5. The molecule has 1 aliphatic heterocycles. The van der Waals surface area contributed by atoms with Crippen molar-refractivity contribution >= 4 is 23.9 Å². The quantitative estimate of drug-likeness (QED) is 0.0228. The van der Waals surface area contributed by atoms with Gasteiger partial charge in [0.15, 0.2) is 24.6 Å². The van der Waals surface area contributed by atoms with Crippen LogP contribution in [0.4, 0.5) is 0 Å².